The molecule has 1 heterocycles. The number of anilines is 1. The van der Waals surface area contributed by atoms with Gasteiger partial charge in [-0.3, -0.25) is 4.79 Å². The second kappa shape index (κ2) is 7.60. The molecule has 0 aliphatic heterocycles. The van der Waals surface area contributed by atoms with Crippen LogP contribution >= 0.6 is 27.3 Å². The second-order valence-electron chi connectivity index (χ2n) is 5.34. The highest BCUT2D eigenvalue weighted by Crippen LogP contribution is 2.26. The van der Waals surface area contributed by atoms with E-state index in [9.17, 15) is 4.79 Å². The van der Waals surface area contributed by atoms with Crippen LogP contribution in [0.2, 0.25) is 0 Å². The Balaban J connectivity index is 1.69. The first-order chi connectivity index (χ1) is 11.6. The van der Waals surface area contributed by atoms with Gasteiger partial charge in [-0.1, -0.05) is 52.3 Å². The first-order valence-corrected chi connectivity index (χ1v) is 9.19. The van der Waals surface area contributed by atoms with Crippen molar-refractivity contribution >= 4 is 44.9 Å². The van der Waals surface area contributed by atoms with E-state index in [4.69, 9.17) is 0 Å². The highest BCUT2D eigenvalue weighted by atomic mass is 79.9. The summed E-state index contributed by atoms with van der Waals surface area (Å²) in [7, 11) is 0. The monoisotopic (exact) mass is 397 g/mol. The molecule has 0 spiro atoms. The molecule has 0 fully saturated rings. The minimum atomic E-state index is -0.133. The molecule has 3 aromatic rings. The quantitative estimate of drug-likeness (QED) is 0.526. The van der Waals surface area contributed by atoms with Crippen LogP contribution in [0.25, 0.3) is 17.2 Å². The minimum Gasteiger partial charge on any atom is -0.322 e. The number of hydrogen-bond donors (Lipinski definition) is 1. The number of carbonyl (C=O) groups excluding carboxylic acids is 1. The second-order valence-corrected chi connectivity index (χ2v) is 7.14. The average Bonchev–Trinajstić information content (AvgIpc) is 3.07. The molecule has 4 heteroatoms. The summed E-state index contributed by atoms with van der Waals surface area (Å²) in [5.41, 5.74) is 4.18. The lowest BCUT2D eigenvalue weighted by Gasteiger charge is -2.07. The van der Waals surface area contributed by atoms with E-state index >= 15 is 0 Å². The minimum absolute atomic E-state index is 0.133. The number of rotatable bonds is 4. The van der Waals surface area contributed by atoms with Crippen molar-refractivity contribution in [2.24, 2.45) is 0 Å². The molecule has 0 unspecified atom stereocenters. The Hall–Kier alpha value is -2.17. The number of nitrogens with one attached hydrogen (secondary N) is 1. The number of benzene rings is 2. The predicted molar refractivity (Wildman–Crippen MR) is 106 cm³/mol. The average molecular weight is 398 g/mol. The summed E-state index contributed by atoms with van der Waals surface area (Å²) >= 11 is 5.09. The molecule has 120 valence electrons. The summed E-state index contributed by atoms with van der Waals surface area (Å²) in [5.74, 6) is -0.133. The lowest BCUT2D eigenvalue weighted by molar-refractivity contribution is -0.111. The maximum atomic E-state index is 12.1. The molecule has 1 amide bonds. The van der Waals surface area contributed by atoms with Gasteiger partial charge in [0.2, 0.25) is 5.91 Å². The van der Waals surface area contributed by atoms with Gasteiger partial charge in [0.1, 0.15) is 0 Å². The fourth-order valence-corrected chi connectivity index (χ4v) is 3.47. The summed E-state index contributed by atoms with van der Waals surface area (Å²) in [6.45, 7) is 1.97. The molecule has 3 rings (SSSR count). The van der Waals surface area contributed by atoms with Crippen molar-refractivity contribution < 1.29 is 4.79 Å². The molecule has 0 bridgehead atoms. The first kappa shape index (κ1) is 16.7. The van der Waals surface area contributed by atoms with E-state index in [0.717, 1.165) is 20.6 Å². The van der Waals surface area contributed by atoms with Crippen LogP contribution in [0.4, 0.5) is 5.69 Å². The first-order valence-electron chi connectivity index (χ1n) is 7.51. The third-order valence-corrected chi connectivity index (χ3v) is 5.41. The van der Waals surface area contributed by atoms with Gasteiger partial charge in [0.15, 0.2) is 0 Å². The standard InChI is InChI=1S/C20H16BrNOS/c1-14-18(21)8-5-9-19(14)22-20(23)11-10-17-12-16(13-24-17)15-6-3-2-4-7-15/h2-13H,1H3,(H,22,23)/b11-10+. The van der Waals surface area contributed by atoms with E-state index in [1.807, 2.05) is 49.4 Å². The summed E-state index contributed by atoms with van der Waals surface area (Å²) < 4.78 is 0.982. The van der Waals surface area contributed by atoms with Crippen molar-refractivity contribution in [2.75, 3.05) is 5.32 Å². The third kappa shape index (κ3) is 4.02. The molecule has 0 saturated carbocycles. The molecular weight excluding hydrogens is 382 g/mol. The Morgan fingerprint density at radius 3 is 2.67 bits per heavy atom. The van der Waals surface area contributed by atoms with Gasteiger partial charge in [-0.15, -0.1) is 11.3 Å². The van der Waals surface area contributed by atoms with E-state index in [1.165, 1.54) is 11.1 Å². The lowest BCUT2D eigenvalue weighted by Crippen LogP contribution is -2.08. The molecular formula is C20H16BrNOS. The molecule has 24 heavy (non-hydrogen) atoms. The summed E-state index contributed by atoms with van der Waals surface area (Å²) in [5, 5.41) is 5.01. The molecule has 2 aromatic carbocycles. The zero-order valence-electron chi connectivity index (χ0n) is 13.1. The fraction of sp³-hybridized carbons (Fsp3) is 0.0500. The van der Waals surface area contributed by atoms with E-state index in [1.54, 1.807) is 17.4 Å². The third-order valence-electron chi connectivity index (χ3n) is 3.65. The fourth-order valence-electron chi connectivity index (χ4n) is 2.30. The van der Waals surface area contributed by atoms with Crippen molar-refractivity contribution in [3.63, 3.8) is 0 Å². The highest BCUT2D eigenvalue weighted by molar-refractivity contribution is 9.10. The molecule has 1 N–H and O–H groups in total. The Morgan fingerprint density at radius 1 is 1.08 bits per heavy atom. The summed E-state index contributed by atoms with van der Waals surface area (Å²) in [6.07, 6.45) is 3.42. The Labute approximate surface area is 154 Å². The summed E-state index contributed by atoms with van der Waals surface area (Å²) in [4.78, 5) is 13.2. The van der Waals surface area contributed by atoms with Gasteiger partial charge in [-0.2, -0.15) is 0 Å². The maximum Gasteiger partial charge on any atom is 0.248 e. The van der Waals surface area contributed by atoms with E-state index in [2.05, 4.69) is 44.8 Å². The van der Waals surface area contributed by atoms with Crippen LogP contribution in [0.5, 0.6) is 0 Å². The van der Waals surface area contributed by atoms with Gasteiger partial charge in [0.05, 0.1) is 0 Å². The van der Waals surface area contributed by atoms with Crippen LogP contribution in [-0.2, 0) is 4.79 Å². The SMILES string of the molecule is Cc1c(Br)cccc1NC(=O)/C=C/c1cc(-c2ccccc2)cs1. The predicted octanol–water partition coefficient (Wildman–Crippen LogP) is 6.14. The number of thiophene rings is 1. The van der Waals surface area contributed by atoms with Gasteiger partial charge in [0.25, 0.3) is 0 Å². The number of hydrogen-bond acceptors (Lipinski definition) is 2. The van der Waals surface area contributed by atoms with E-state index in [0.29, 0.717) is 0 Å². The van der Waals surface area contributed by atoms with Crippen molar-refractivity contribution in [1.82, 2.24) is 0 Å². The smallest absolute Gasteiger partial charge is 0.248 e. The molecule has 0 aliphatic rings. The van der Waals surface area contributed by atoms with Gasteiger partial charge in [0, 0.05) is 21.1 Å². The Kier molecular flexibility index (Phi) is 5.28. The van der Waals surface area contributed by atoms with Crippen LogP contribution < -0.4 is 5.32 Å². The number of carbonyl (C=O) groups is 1. The van der Waals surface area contributed by atoms with Crippen molar-refractivity contribution in [2.45, 2.75) is 6.92 Å². The van der Waals surface area contributed by atoms with Crippen LogP contribution in [-0.4, -0.2) is 5.91 Å². The van der Waals surface area contributed by atoms with Crippen LogP contribution in [0.15, 0.2) is 70.5 Å². The topological polar surface area (TPSA) is 29.1 Å². The normalized spacial score (nSPS) is 10.9. The Morgan fingerprint density at radius 2 is 1.88 bits per heavy atom. The molecule has 0 aliphatic carbocycles. The van der Waals surface area contributed by atoms with E-state index in [-0.39, 0.29) is 5.91 Å². The maximum absolute atomic E-state index is 12.1. The molecule has 2 nitrogen and oxygen atoms in total. The van der Waals surface area contributed by atoms with E-state index < -0.39 is 0 Å². The van der Waals surface area contributed by atoms with Crippen LogP contribution in [0.1, 0.15) is 10.4 Å². The van der Waals surface area contributed by atoms with Crippen LogP contribution in [0, 0.1) is 6.92 Å². The van der Waals surface area contributed by atoms with Gasteiger partial charge >= 0.3 is 0 Å². The number of halogens is 1. The van der Waals surface area contributed by atoms with Crippen molar-refractivity contribution in [1.29, 1.82) is 0 Å². The molecule has 0 atom stereocenters. The lowest BCUT2D eigenvalue weighted by atomic mass is 10.1. The zero-order chi connectivity index (χ0) is 16.9. The van der Waals surface area contributed by atoms with Crippen molar-refractivity contribution in [3.8, 4) is 11.1 Å². The summed E-state index contributed by atoms with van der Waals surface area (Å²) in [6, 6.07) is 18.1. The van der Waals surface area contributed by atoms with Gasteiger partial charge in [-0.05, 0) is 53.3 Å². The molecule has 1 aromatic heterocycles. The zero-order valence-corrected chi connectivity index (χ0v) is 15.5. The van der Waals surface area contributed by atoms with Crippen molar-refractivity contribution in [3.05, 3.63) is 81.0 Å². The molecule has 0 saturated heterocycles. The largest absolute Gasteiger partial charge is 0.322 e. The number of amides is 1. The van der Waals surface area contributed by atoms with Gasteiger partial charge < -0.3 is 5.32 Å². The van der Waals surface area contributed by atoms with Crippen LogP contribution in [0.3, 0.4) is 0 Å². The van der Waals surface area contributed by atoms with Gasteiger partial charge in [-0.25, -0.2) is 0 Å². The molecule has 0 radical (unpaired) electrons. The highest BCUT2D eigenvalue weighted by Gasteiger charge is 2.05. The Bertz CT molecular complexity index is 884.